The molecule has 0 aromatic heterocycles. The van der Waals surface area contributed by atoms with Gasteiger partial charge in [-0.2, -0.15) is 0 Å². The van der Waals surface area contributed by atoms with Crippen molar-refractivity contribution in [3.63, 3.8) is 0 Å². The summed E-state index contributed by atoms with van der Waals surface area (Å²) in [4.78, 5) is 23.4. The second-order valence-electron chi connectivity index (χ2n) is 9.42. The van der Waals surface area contributed by atoms with Gasteiger partial charge in [-0.05, 0) is 65.2 Å². The van der Waals surface area contributed by atoms with Crippen LogP contribution in [0.4, 0.5) is 0 Å². The zero-order valence-corrected chi connectivity index (χ0v) is 19.5. The molecule has 6 nitrogen and oxygen atoms in total. The Labute approximate surface area is 181 Å². The molecule has 2 bridgehead atoms. The number of ether oxygens (including phenoxy) is 4. The topological polar surface area (TPSA) is 71.1 Å². The molecular formula is C24H40O6. The molecule has 5 unspecified atom stereocenters. The monoisotopic (exact) mass is 424 g/mol. The average molecular weight is 425 g/mol. The van der Waals surface area contributed by atoms with Gasteiger partial charge in [-0.15, -0.1) is 6.58 Å². The van der Waals surface area contributed by atoms with Crippen molar-refractivity contribution in [1.82, 2.24) is 0 Å². The second kappa shape index (κ2) is 10.8. The molecule has 2 rings (SSSR count). The van der Waals surface area contributed by atoms with E-state index in [-0.39, 0.29) is 42.1 Å². The van der Waals surface area contributed by atoms with E-state index in [0.717, 1.165) is 50.5 Å². The van der Waals surface area contributed by atoms with Crippen molar-refractivity contribution in [2.75, 3.05) is 13.2 Å². The van der Waals surface area contributed by atoms with E-state index in [1.807, 2.05) is 13.8 Å². The molecule has 2 saturated heterocycles. The highest BCUT2D eigenvalue weighted by atomic mass is 16.6. The number of rotatable bonds is 12. The molecule has 5 atom stereocenters. The van der Waals surface area contributed by atoms with Crippen LogP contribution < -0.4 is 0 Å². The Balaban J connectivity index is 1.84. The molecule has 172 valence electrons. The van der Waals surface area contributed by atoms with E-state index in [9.17, 15) is 9.59 Å². The normalized spacial score (nSPS) is 29.8. The van der Waals surface area contributed by atoms with Crippen LogP contribution in [0.2, 0.25) is 0 Å². The van der Waals surface area contributed by atoms with Crippen molar-refractivity contribution in [3.8, 4) is 0 Å². The largest absolute Gasteiger partial charge is 0.466 e. The summed E-state index contributed by atoms with van der Waals surface area (Å²) in [6.07, 6.45) is 6.39. The molecule has 6 heteroatoms. The van der Waals surface area contributed by atoms with Crippen LogP contribution in [0.15, 0.2) is 12.2 Å². The van der Waals surface area contributed by atoms with Crippen LogP contribution in [0.1, 0.15) is 86.0 Å². The van der Waals surface area contributed by atoms with E-state index in [0.29, 0.717) is 13.2 Å². The first-order chi connectivity index (χ1) is 14.1. The van der Waals surface area contributed by atoms with Crippen LogP contribution >= 0.6 is 0 Å². The van der Waals surface area contributed by atoms with Crippen molar-refractivity contribution in [2.24, 2.45) is 5.92 Å². The molecular weight excluding hydrogens is 384 g/mol. The SMILES string of the molecule is C=C(C)CCC(OC(C)=O)C(C)CCCC1(C)OCC2(CC(=O)OCC)CCC1O2. The van der Waals surface area contributed by atoms with E-state index in [1.54, 1.807) is 0 Å². The van der Waals surface area contributed by atoms with Crippen molar-refractivity contribution in [3.05, 3.63) is 12.2 Å². The Morgan fingerprint density at radius 2 is 2.00 bits per heavy atom. The van der Waals surface area contributed by atoms with Gasteiger partial charge in [0.25, 0.3) is 0 Å². The predicted octanol–water partition coefficient (Wildman–Crippen LogP) is 4.74. The van der Waals surface area contributed by atoms with E-state index >= 15 is 0 Å². The minimum Gasteiger partial charge on any atom is -0.466 e. The van der Waals surface area contributed by atoms with Gasteiger partial charge in [0, 0.05) is 6.92 Å². The Bertz CT molecular complexity index is 617. The number of fused-ring (bicyclic) bond motifs is 2. The first-order valence-electron chi connectivity index (χ1n) is 11.4. The van der Waals surface area contributed by atoms with Gasteiger partial charge >= 0.3 is 11.9 Å². The molecule has 2 heterocycles. The van der Waals surface area contributed by atoms with Crippen LogP contribution in [-0.4, -0.2) is 48.6 Å². The second-order valence-corrected chi connectivity index (χ2v) is 9.42. The van der Waals surface area contributed by atoms with Crippen LogP contribution in [0.5, 0.6) is 0 Å². The Morgan fingerprint density at radius 1 is 1.27 bits per heavy atom. The zero-order chi connectivity index (χ0) is 22.4. The molecule has 0 aromatic carbocycles. The van der Waals surface area contributed by atoms with Crippen molar-refractivity contribution < 1.29 is 28.5 Å². The Hall–Kier alpha value is -1.40. The fourth-order valence-electron chi connectivity index (χ4n) is 4.65. The summed E-state index contributed by atoms with van der Waals surface area (Å²) < 4.78 is 23.3. The van der Waals surface area contributed by atoms with Gasteiger partial charge in [-0.1, -0.05) is 18.9 Å². The van der Waals surface area contributed by atoms with Crippen molar-refractivity contribution in [2.45, 2.75) is 109 Å². The maximum Gasteiger partial charge on any atom is 0.308 e. The lowest BCUT2D eigenvalue weighted by molar-refractivity contribution is -0.243. The fraction of sp³-hybridized carbons (Fsp3) is 0.833. The minimum atomic E-state index is -0.521. The molecule has 0 aromatic rings. The van der Waals surface area contributed by atoms with Crippen molar-refractivity contribution >= 4 is 11.9 Å². The van der Waals surface area contributed by atoms with E-state index < -0.39 is 5.60 Å². The number of hydrogen-bond donors (Lipinski definition) is 0. The first-order valence-corrected chi connectivity index (χ1v) is 11.4. The van der Waals surface area contributed by atoms with Gasteiger partial charge < -0.3 is 18.9 Å². The van der Waals surface area contributed by atoms with Crippen LogP contribution in [0.25, 0.3) is 0 Å². The summed E-state index contributed by atoms with van der Waals surface area (Å²) in [6.45, 7) is 14.3. The van der Waals surface area contributed by atoms with Gasteiger partial charge in [-0.25, -0.2) is 0 Å². The van der Waals surface area contributed by atoms with Gasteiger partial charge in [-0.3, -0.25) is 9.59 Å². The minimum absolute atomic E-state index is 0.00339. The van der Waals surface area contributed by atoms with Gasteiger partial charge in [0.2, 0.25) is 0 Å². The number of allylic oxidation sites excluding steroid dienone is 1. The molecule has 0 amide bonds. The van der Waals surface area contributed by atoms with Crippen LogP contribution in [-0.2, 0) is 28.5 Å². The van der Waals surface area contributed by atoms with Gasteiger partial charge in [0.1, 0.15) is 11.7 Å². The van der Waals surface area contributed by atoms with Gasteiger partial charge in [0.15, 0.2) is 0 Å². The van der Waals surface area contributed by atoms with E-state index in [1.165, 1.54) is 6.92 Å². The summed E-state index contributed by atoms with van der Waals surface area (Å²) in [7, 11) is 0. The summed E-state index contributed by atoms with van der Waals surface area (Å²) in [5.41, 5.74) is 0.238. The highest BCUT2D eigenvalue weighted by Gasteiger charge is 2.54. The third-order valence-corrected chi connectivity index (χ3v) is 6.51. The molecule has 2 aliphatic rings. The number of hydrogen-bond acceptors (Lipinski definition) is 6. The summed E-state index contributed by atoms with van der Waals surface area (Å²) >= 11 is 0. The van der Waals surface area contributed by atoms with Crippen LogP contribution in [0.3, 0.4) is 0 Å². The highest BCUT2D eigenvalue weighted by Crippen LogP contribution is 2.46. The summed E-state index contributed by atoms with van der Waals surface area (Å²) in [5.74, 6) is -0.174. The molecule has 0 saturated carbocycles. The quantitative estimate of drug-likeness (QED) is 0.333. The zero-order valence-electron chi connectivity index (χ0n) is 19.5. The van der Waals surface area contributed by atoms with E-state index in [2.05, 4.69) is 20.4 Å². The van der Waals surface area contributed by atoms with E-state index in [4.69, 9.17) is 18.9 Å². The lowest BCUT2D eigenvalue weighted by Crippen LogP contribution is -2.53. The van der Waals surface area contributed by atoms with Gasteiger partial charge in [0.05, 0.1) is 31.3 Å². The highest BCUT2D eigenvalue weighted by molar-refractivity contribution is 5.70. The number of esters is 2. The first kappa shape index (κ1) is 24.9. The summed E-state index contributed by atoms with van der Waals surface area (Å²) in [5, 5.41) is 0. The molecule has 0 spiro atoms. The molecule has 0 radical (unpaired) electrons. The number of carbonyl (C=O) groups is 2. The average Bonchev–Trinajstić information content (AvgIpc) is 3.02. The predicted molar refractivity (Wildman–Crippen MR) is 115 cm³/mol. The molecule has 2 fully saturated rings. The maximum atomic E-state index is 11.9. The standard InChI is InChI=1S/C24H40O6/c1-7-27-22(26)15-24-14-12-21(30-24)23(6,28-16-24)13-8-9-18(4)20(29-19(5)25)11-10-17(2)3/h18,20-21H,2,7-16H2,1,3-6H3. The molecule has 2 aliphatic heterocycles. The van der Waals surface area contributed by atoms with Crippen molar-refractivity contribution in [1.29, 1.82) is 0 Å². The molecule has 30 heavy (non-hydrogen) atoms. The third kappa shape index (κ3) is 6.81. The van der Waals surface area contributed by atoms with Crippen LogP contribution in [0, 0.1) is 5.92 Å². The molecule has 0 N–H and O–H groups in total. The molecule has 0 aliphatic carbocycles. The Kier molecular flexibility index (Phi) is 8.92. The third-order valence-electron chi connectivity index (χ3n) is 6.51. The Morgan fingerprint density at radius 3 is 2.63 bits per heavy atom. The lowest BCUT2D eigenvalue weighted by atomic mass is 9.87. The lowest BCUT2D eigenvalue weighted by Gasteiger charge is -2.44. The summed E-state index contributed by atoms with van der Waals surface area (Å²) in [6, 6.07) is 0. The fourth-order valence-corrected chi connectivity index (χ4v) is 4.65. The maximum absolute atomic E-state index is 11.9. The number of carbonyl (C=O) groups excluding carboxylic acids is 2. The smallest absolute Gasteiger partial charge is 0.308 e.